The lowest BCUT2D eigenvalue weighted by molar-refractivity contribution is 0.0246. The Morgan fingerprint density at radius 1 is 1.53 bits per heavy atom. The maximum atomic E-state index is 9.90. The highest BCUT2D eigenvalue weighted by atomic mass is 16.3. The van der Waals surface area contributed by atoms with Crippen LogP contribution in [0.15, 0.2) is 12.5 Å². The van der Waals surface area contributed by atoms with Gasteiger partial charge >= 0.3 is 0 Å². The minimum Gasteiger partial charge on any atom is -0.369 e. The molecule has 0 aromatic carbocycles. The van der Waals surface area contributed by atoms with E-state index in [9.17, 15) is 5.11 Å². The number of hydrogen-bond donors (Lipinski definition) is 3. The summed E-state index contributed by atoms with van der Waals surface area (Å²) in [6.45, 7) is 1.94. The zero-order valence-corrected chi connectivity index (χ0v) is 8.44. The van der Waals surface area contributed by atoms with Crippen molar-refractivity contribution in [2.24, 2.45) is 5.73 Å². The first-order chi connectivity index (χ1) is 7.13. The average Bonchev–Trinajstić information content (AvgIpc) is 2.63. The van der Waals surface area contributed by atoms with Gasteiger partial charge in [0.15, 0.2) is 17.2 Å². The molecule has 4 N–H and O–H groups in total. The normalized spacial score (nSPS) is 15.4. The van der Waals surface area contributed by atoms with Crippen molar-refractivity contribution < 1.29 is 5.11 Å². The Bertz CT molecular complexity index is 464. The molecule has 0 amide bonds. The third-order valence-corrected chi connectivity index (χ3v) is 2.19. The molecule has 15 heavy (non-hydrogen) atoms. The van der Waals surface area contributed by atoms with E-state index >= 15 is 0 Å². The molecular formula is C9H13N5O. The molecule has 0 fully saturated rings. The van der Waals surface area contributed by atoms with Crippen LogP contribution in [-0.4, -0.2) is 25.0 Å². The highest BCUT2D eigenvalue weighted by molar-refractivity contribution is 5.68. The molecule has 6 heteroatoms. The average molecular weight is 207 g/mol. The number of H-pyrrole nitrogens is 1. The van der Waals surface area contributed by atoms with E-state index in [0.29, 0.717) is 17.6 Å². The molecule has 2 aromatic heterocycles. The lowest BCUT2D eigenvalue weighted by Gasteiger charge is -2.19. The van der Waals surface area contributed by atoms with Gasteiger partial charge in [0.2, 0.25) is 0 Å². The Kier molecular flexibility index (Phi) is 2.37. The molecule has 0 aliphatic rings. The third kappa shape index (κ3) is 1.81. The summed E-state index contributed by atoms with van der Waals surface area (Å²) in [6.07, 6.45) is 4.25. The lowest BCUT2D eigenvalue weighted by Crippen LogP contribution is -2.38. The van der Waals surface area contributed by atoms with Crippen molar-refractivity contribution >= 4 is 11.2 Å². The summed E-state index contributed by atoms with van der Waals surface area (Å²) in [4.78, 5) is 15.0. The molecule has 2 rings (SSSR count). The highest BCUT2D eigenvalue weighted by Gasteiger charge is 2.26. The Hall–Kier alpha value is -1.53. The molecule has 6 nitrogen and oxygen atoms in total. The van der Waals surface area contributed by atoms with Gasteiger partial charge in [-0.3, -0.25) is 5.73 Å². The first-order valence-corrected chi connectivity index (χ1v) is 4.81. The molecule has 0 bridgehead atoms. The molecule has 0 spiro atoms. The minimum atomic E-state index is -1.46. The number of aromatic amines is 1. The van der Waals surface area contributed by atoms with Crippen LogP contribution in [-0.2, 0) is 5.72 Å². The fourth-order valence-electron chi connectivity index (χ4n) is 1.44. The van der Waals surface area contributed by atoms with Crippen molar-refractivity contribution in [3.63, 3.8) is 0 Å². The fraction of sp³-hybridized carbons (Fsp3) is 0.444. The molecule has 0 radical (unpaired) electrons. The predicted octanol–water partition coefficient (Wildman–Crippen LogP) is 0.257. The maximum Gasteiger partial charge on any atom is 0.177 e. The molecular weight excluding hydrogens is 194 g/mol. The van der Waals surface area contributed by atoms with E-state index in [4.69, 9.17) is 5.73 Å². The summed E-state index contributed by atoms with van der Waals surface area (Å²) in [7, 11) is 0. The van der Waals surface area contributed by atoms with Gasteiger partial charge in [-0.25, -0.2) is 15.0 Å². The van der Waals surface area contributed by atoms with Crippen molar-refractivity contribution in [2.45, 2.75) is 25.5 Å². The van der Waals surface area contributed by atoms with Crippen LogP contribution in [0.1, 0.15) is 25.6 Å². The number of nitrogens with one attached hydrogen (secondary N) is 1. The summed E-state index contributed by atoms with van der Waals surface area (Å²) in [6, 6.07) is 0. The van der Waals surface area contributed by atoms with Crippen LogP contribution in [0.3, 0.4) is 0 Å². The number of rotatable bonds is 3. The van der Waals surface area contributed by atoms with E-state index in [1.165, 1.54) is 6.33 Å². The topological polar surface area (TPSA) is 101 Å². The van der Waals surface area contributed by atoms with Crippen LogP contribution in [0.5, 0.6) is 0 Å². The Labute approximate surface area is 86.6 Å². The highest BCUT2D eigenvalue weighted by Crippen LogP contribution is 2.17. The Morgan fingerprint density at radius 2 is 2.33 bits per heavy atom. The number of aliphatic hydroxyl groups is 1. The van der Waals surface area contributed by atoms with Crippen LogP contribution in [0.2, 0.25) is 0 Å². The number of imidazole rings is 1. The second kappa shape index (κ2) is 3.56. The van der Waals surface area contributed by atoms with E-state index in [1.54, 1.807) is 6.20 Å². The first kappa shape index (κ1) is 10.0. The smallest absolute Gasteiger partial charge is 0.177 e. The summed E-state index contributed by atoms with van der Waals surface area (Å²) in [5, 5.41) is 9.90. The largest absolute Gasteiger partial charge is 0.369 e. The van der Waals surface area contributed by atoms with Crippen molar-refractivity contribution in [1.82, 2.24) is 19.9 Å². The van der Waals surface area contributed by atoms with Crippen molar-refractivity contribution in [3.05, 3.63) is 18.3 Å². The molecule has 0 aliphatic heterocycles. The molecule has 80 valence electrons. The maximum absolute atomic E-state index is 9.90. The van der Waals surface area contributed by atoms with Crippen molar-refractivity contribution in [3.8, 4) is 0 Å². The molecule has 0 saturated heterocycles. The molecule has 2 aromatic rings. The van der Waals surface area contributed by atoms with Gasteiger partial charge in [0.1, 0.15) is 5.52 Å². The summed E-state index contributed by atoms with van der Waals surface area (Å²) in [5.41, 5.74) is 5.48. The number of fused-ring (bicyclic) bond motifs is 1. The summed E-state index contributed by atoms with van der Waals surface area (Å²) >= 11 is 0. The number of nitrogens with two attached hydrogens (primary N) is 1. The van der Waals surface area contributed by atoms with Crippen LogP contribution in [0.25, 0.3) is 11.2 Å². The quantitative estimate of drug-likeness (QED) is 0.626. The first-order valence-electron chi connectivity index (χ1n) is 4.81. The summed E-state index contributed by atoms with van der Waals surface area (Å²) in [5.74, 6) is 0.223. The molecule has 0 saturated carbocycles. The van der Waals surface area contributed by atoms with Gasteiger partial charge in [-0.2, -0.15) is 0 Å². The Morgan fingerprint density at radius 3 is 3.07 bits per heavy atom. The van der Waals surface area contributed by atoms with Gasteiger partial charge in [-0.05, 0) is 6.42 Å². The number of nitrogens with zero attached hydrogens (tertiary/aromatic N) is 3. The molecule has 1 atom stereocenters. The zero-order valence-electron chi connectivity index (χ0n) is 8.44. The second-order valence-corrected chi connectivity index (χ2v) is 3.50. The number of hydrogen-bond acceptors (Lipinski definition) is 5. The van der Waals surface area contributed by atoms with Crippen molar-refractivity contribution in [1.29, 1.82) is 0 Å². The van der Waals surface area contributed by atoms with E-state index < -0.39 is 5.72 Å². The van der Waals surface area contributed by atoms with Crippen LogP contribution < -0.4 is 5.73 Å². The minimum absolute atomic E-state index is 0.223. The van der Waals surface area contributed by atoms with E-state index in [2.05, 4.69) is 19.9 Å². The van der Waals surface area contributed by atoms with Crippen LogP contribution in [0.4, 0.5) is 0 Å². The second-order valence-electron chi connectivity index (χ2n) is 3.50. The SMILES string of the molecule is CCCC(N)(O)c1ncc2nc[nH]c2n1. The monoisotopic (exact) mass is 207 g/mol. The zero-order chi connectivity index (χ0) is 10.9. The van der Waals surface area contributed by atoms with Gasteiger partial charge in [-0.15, -0.1) is 0 Å². The van der Waals surface area contributed by atoms with Gasteiger partial charge in [-0.1, -0.05) is 13.3 Å². The third-order valence-electron chi connectivity index (χ3n) is 2.19. The standard InChI is InChI=1S/C9H13N5O/c1-2-3-9(10,15)8-11-4-6-7(14-8)13-5-12-6/h4-5,15H,2-3,10H2,1H3,(H,11,12,13,14). The Balaban J connectivity index is 2.42. The lowest BCUT2D eigenvalue weighted by atomic mass is 10.1. The molecule has 2 heterocycles. The van der Waals surface area contributed by atoms with Gasteiger partial charge in [0, 0.05) is 0 Å². The van der Waals surface area contributed by atoms with Crippen molar-refractivity contribution in [2.75, 3.05) is 0 Å². The molecule has 1 unspecified atom stereocenters. The van der Waals surface area contributed by atoms with E-state index in [-0.39, 0.29) is 5.82 Å². The predicted molar refractivity (Wildman–Crippen MR) is 54.7 cm³/mol. The van der Waals surface area contributed by atoms with Crippen LogP contribution >= 0.6 is 0 Å². The van der Waals surface area contributed by atoms with Gasteiger partial charge in [0.25, 0.3) is 0 Å². The van der Waals surface area contributed by atoms with Gasteiger partial charge < -0.3 is 10.1 Å². The van der Waals surface area contributed by atoms with E-state index in [0.717, 1.165) is 6.42 Å². The summed E-state index contributed by atoms with van der Waals surface area (Å²) < 4.78 is 0. The van der Waals surface area contributed by atoms with Crippen LogP contribution in [0, 0.1) is 0 Å². The fourth-order valence-corrected chi connectivity index (χ4v) is 1.44. The van der Waals surface area contributed by atoms with E-state index in [1.807, 2.05) is 6.92 Å². The molecule has 0 aliphatic carbocycles. The van der Waals surface area contributed by atoms with Gasteiger partial charge in [0.05, 0.1) is 12.5 Å². The number of aromatic nitrogens is 4.